The third-order valence-corrected chi connectivity index (χ3v) is 5.11. The third kappa shape index (κ3) is 3.01. The zero-order valence-electron chi connectivity index (χ0n) is 12.2. The van der Waals surface area contributed by atoms with E-state index in [0.717, 1.165) is 11.5 Å². The molecule has 4 nitrogen and oxygen atoms in total. The monoisotopic (exact) mass is 355 g/mol. The fourth-order valence-electron chi connectivity index (χ4n) is 2.71. The van der Waals surface area contributed by atoms with Gasteiger partial charge in [-0.1, -0.05) is 36.4 Å². The predicted molar refractivity (Wildman–Crippen MR) is 84.2 cm³/mol. The number of anilines is 1. The highest BCUT2D eigenvalue weighted by molar-refractivity contribution is 7.94. The van der Waals surface area contributed by atoms with Crippen molar-refractivity contribution < 1.29 is 26.4 Å². The SMILES string of the molecule is O=C(N(c1cccc2ccccc12)[C@H]1C=CS(=O)(=O)C1)C(F)(F)F. The number of alkyl halides is 3. The van der Waals surface area contributed by atoms with Crippen LogP contribution in [0.1, 0.15) is 0 Å². The number of carbonyl (C=O) groups excluding carboxylic acids is 1. The average molecular weight is 355 g/mol. The van der Waals surface area contributed by atoms with Gasteiger partial charge in [0.1, 0.15) is 0 Å². The molecular weight excluding hydrogens is 343 g/mol. The lowest BCUT2D eigenvalue weighted by atomic mass is 10.1. The van der Waals surface area contributed by atoms with E-state index in [1.165, 1.54) is 12.1 Å². The molecule has 1 amide bonds. The van der Waals surface area contributed by atoms with Crippen LogP contribution >= 0.6 is 0 Å². The zero-order valence-corrected chi connectivity index (χ0v) is 13.0. The van der Waals surface area contributed by atoms with Crippen LogP contribution in [0.5, 0.6) is 0 Å². The summed E-state index contributed by atoms with van der Waals surface area (Å²) in [5.74, 6) is -2.66. The summed E-state index contributed by atoms with van der Waals surface area (Å²) in [4.78, 5) is 12.5. The second kappa shape index (κ2) is 5.62. The molecule has 1 aliphatic rings. The van der Waals surface area contributed by atoms with Crippen LogP contribution in [0.15, 0.2) is 53.9 Å². The van der Waals surface area contributed by atoms with Crippen molar-refractivity contribution in [3.8, 4) is 0 Å². The van der Waals surface area contributed by atoms with Crippen molar-refractivity contribution in [2.75, 3.05) is 10.7 Å². The number of rotatable bonds is 2. The van der Waals surface area contributed by atoms with E-state index in [2.05, 4.69) is 0 Å². The molecule has 0 N–H and O–H groups in total. The molecule has 1 atom stereocenters. The Kier molecular flexibility index (Phi) is 3.87. The van der Waals surface area contributed by atoms with E-state index >= 15 is 0 Å². The lowest BCUT2D eigenvalue weighted by Gasteiger charge is -2.29. The molecule has 24 heavy (non-hydrogen) atoms. The van der Waals surface area contributed by atoms with E-state index in [4.69, 9.17) is 0 Å². The molecule has 0 bridgehead atoms. The predicted octanol–water partition coefficient (Wildman–Crippen LogP) is 3.05. The molecule has 1 heterocycles. The van der Waals surface area contributed by atoms with Gasteiger partial charge in [0.25, 0.3) is 0 Å². The Morgan fingerprint density at radius 1 is 1.08 bits per heavy atom. The summed E-state index contributed by atoms with van der Waals surface area (Å²) >= 11 is 0. The molecule has 0 aliphatic carbocycles. The van der Waals surface area contributed by atoms with Gasteiger partial charge in [0.2, 0.25) is 0 Å². The van der Waals surface area contributed by atoms with Crippen LogP contribution in [-0.4, -0.2) is 32.3 Å². The highest BCUT2D eigenvalue weighted by Crippen LogP contribution is 2.33. The van der Waals surface area contributed by atoms with E-state index in [0.29, 0.717) is 15.7 Å². The van der Waals surface area contributed by atoms with Gasteiger partial charge < -0.3 is 0 Å². The standard InChI is InChI=1S/C16H12F3NO3S/c17-16(18,19)15(21)20(12-8-9-24(22,23)10-12)14-7-3-5-11-4-1-2-6-13(11)14/h1-9,12H,10H2/t12-/m0/s1. The number of hydrogen-bond acceptors (Lipinski definition) is 3. The molecule has 2 aromatic rings. The van der Waals surface area contributed by atoms with Gasteiger partial charge in [-0.25, -0.2) is 8.42 Å². The van der Waals surface area contributed by atoms with Gasteiger partial charge in [-0.15, -0.1) is 0 Å². The second-order valence-corrected chi connectivity index (χ2v) is 7.33. The van der Waals surface area contributed by atoms with Crippen LogP contribution in [0.2, 0.25) is 0 Å². The molecule has 3 rings (SSSR count). The number of carbonyl (C=O) groups is 1. The summed E-state index contributed by atoms with van der Waals surface area (Å²) in [6.07, 6.45) is -4.00. The molecule has 0 aromatic heterocycles. The summed E-state index contributed by atoms with van der Waals surface area (Å²) < 4.78 is 62.4. The molecule has 1 aliphatic heterocycles. The van der Waals surface area contributed by atoms with Crippen molar-refractivity contribution in [3.05, 3.63) is 53.9 Å². The molecule has 0 saturated heterocycles. The summed E-state index contributed by atoms with van der Waals surface area (Å²) in [6.45, 7) is 0. The van der Waals surface area contributed by atoms with Crippen LogP contribution in [0.25, 0.3) is 10.8 Å². The fraction of sp³-hybridized carbons (Fsp3) is 0.188. The highest BCUT2D eigenvalue weighted by atomic mass is 32.2. The minimum Gasteiger partial charge on any atom is -0.296 e. The molecule has 126 valence electrons. The number of amides is 1. The Bertz CT molecular complexity index is 930. The molecule has 0 unspecified atom stereocenters. The molecule has 0 saturated carbocycles. The topological polar surface area (TPSA) is 54.5 Å². The Balaban J connectivity index is 2.18. The molecular formula is C16H12F3NO3S. The first-order valence-corrected chi connectivity index (χ1v) is 8.70. The number of halogens is 3. The zero-order chi connectivity index (χ0) is 17.5. The van der Waals surface area contributed by atoms with E-state index < -0.39 is 33.7 Å². The fourth-order valence-corrected chi connectivity index (χ4v) is 3.98. The molecule has 8 heteroatoms. The first kappa shape index (κ1) is 16.5. The Morgan fingerprint density at radius 3 is 2.38 bits per heavy atom. The Morgan fingerprint density at radius 2 is 1.75 bits per heavy atom. The maximum absolute atomic E-state index is 13.1. The van der Waals surface area contributed by atoms with E-state index in [-0.39, 0.29) is 5.69 Å². The largest absolute Gasteiger partial charge is 0.471 e. The second-order valence-electron chi connectivity index (χ2n) is 5.40. The van der Waals surface area contributed by atoms with Gasteiger partial charge >= 0.3 is 12.1 Å². The van der Waals surface area contributed by atoms with Gasteiger partial charge in [-0.05, 0) is 17.5 Å². The van der Waals surface area contributed by atoms with Gasteiger partial charge in [0.15, 0.2) is 9.84 Å². The van der Waals surface area contributed by atoms with Crippen molar-refractivity contribution in [2.45, 2.75) is 12.2 Å². The van der Waals surface area contributed by atoms with E-state index in [1.807, 2.05) is 0 Å². The van der Waals surface area contributed by atoms with Crippen LogP contribution in [-0.2, 0) is 14.6 Å². The number of hydrogen-bond donors (Lipinski definition) is 0. The first-order valence-electron chi connectivity index (χ1n) is 6.98. The summed E-state index contributed by atoms with van der Waals surface area (Å²) in [6, 6.07) is 10.1. The van der Waals surface area contributed by atoms with Crippen LogP contribution in [0.4, 0.5) is 18.9 Å². The quantitative estimate of drug-likeness (QED) is 0.832. The van der Waals surface area contributed by atoms with Crippen molar-refractivity contribution in [2.24, 2.45) is 0 Å². The normalized spacial score (nSPS) is 19.5. The van der Waals surface area contributed by atoms with Gasteiger partial charge in [0.05, 0.1) is 17.5 Å². The minimum atomic E-state index is -5.11. The number of fused-ring (bicyclic) bond motifs is 1. The number of nitrogens with zero attached hydrogens (tertiary/aromatic N) is 1. The maximum Gasteiger partial charge on any atom is 0.471 e. The van der Waals surface area contributed by atoms with Gasteiger partial charge in [-0.2, -0.15) is 13.2 Å². The Hall–Kier alpha value is -2.35. The van der Waals surface area contributed by atoms with Gasteiger partial charge in [-0.3, -0.25) is 9.69 Å². The summed E-state index contributed by atoms with van der Waals surface area (Å²) in [5, 5.41) is 1.94. The van der Waals surface area contributed by atoms with E-state index in [1.54, 1.807) is 30.3 Å². The lowest BCUT2D eigenvalue weighted by molar-refractivity contribution is -0.170. The third-order valence-electron chi connectivity index (χ3n) is 3.73. The minimum absolute atomic E-state index is 0.0298. The van der Waals surface area contributed by atoms with Crippen LogP contribution in [0.3, 0.4) is 0 Å². The van der Waals surface area contributed by atoms with E-state index in [9.17, 15) is 26.4 Å². The van der Waals surface area contributed by atoms with Crippen LogP contribution < -0.4 is 4.90 Å². The Labute approximate surface area is 136 Å². The lowest BCUT2D eigenvalue weighted by Crippen LogP contribution is -2.48. The number of sulfone groups is 1. The molecule has 2 aromatic carbocycles. The van der Waals surface area contributed by atoms with Gasteiger partial charge in [0, 0.05) is 10.8 Å². The highest BCUT2D eigenvalue weighted by Gasteiger charge is 2.46. The molecule has 0 fully saturated rings. The number of benzene rings is 2. The van der Waals surface area contributed by atoms with Crippen molar-refractivity contribution >= 4 is 32.2 Å². The summed E-state index contributed by atoms with van der Waals surface area (Å²) in [7, 11) is -3.62. The smallest absolute Gasteiger partial charge is 0.296 e. The van der Waals surface area contributed by atoms with Crippen LogP contribution in [0, 0.1) is 0 Å². The first-order chi connectivity index (χ1) is 11.2. The van der Waals surface area contributed by atoms with Crippen molar-refractivity contribution in [1.82, 2.24) is 0 Å². The average Bonchev–Trinajstić information content (AvgIpc) is 2.86. The maximum atomic E-state index is 13.1. The van der Waals surface area contributed by atoms with Crippen molar-refractivity contribution in [1.29, 1.82) is 0 Å². The summed E-state index contributed by atoms with van der Waals surface area (Å²) in [5.41, 5.74) is 0.0298. The molecule has 0 spiro atoms. The van der Waals surface area contributed by atoms with Crippen molar-refractivity contribution in [3.63, 3.8) is 0 Å². The molecule has 0 radical (unpaired) electrons.